The topological polar surface area (TPSA) is 32.1 Å². The van der Waals surface area contributed by atoms with Crippen molar-refractivity contribution in [1.29, 1.82) is 0 Å². The highest BCUT2D eigenvalue weighted by atomic mass is 16.2. The molecule has 3 nitrogen and oxygen atoms in total. The van der Waals surface area contributed by atoms with Crippen LogP contribution in [-0.2, 0) is 4.79 Å². The van der Waals surface area contributed by atoms with Gasteiger partial charge in [-0.25, -0.2) is 4.58 Å². The summed E-state index contributed by atoms with van der Waals surface area (Å²) in [5, 5.41) is 2.62. The average molecular weight is 141 g/mol. The van der Waals surface area contributed by atoms with Crippen LogP contribution >= 0.6 is 0 Å². The SMILES string of the molecule is C=[N+]1CCCC1C(=O)NC. The second-order valence-electron chi connectivity index (χ2n) is 2.58. The molecule has 56 valence electrons. The minimum atomic E-state index is 0.0185. The number of nitrogens with zero attached hydrogens (tertiary/aromatic N) is 1. The van der Waals surface area contributed by atoms with Gasteiger partial charge in [-0.05, 0) is 0 Å². The molecule has 0 bridgehead atoms. The van der Waals surface area contributed by atoms with E-state index >= 15 is 0 Å². The van der Waals surface area contributed by atoms with Gasteiger partial charge < -0.3 is 5.32 Å². The van der Waals surface area contributed by atoms with Crippen molar-refractivity contribution in [3.63, 3.8) is 0 Å². The first-order valence-electron chi connectivity index (χ1n) is 3.54. The van der Waals surface area contributed by atoms with E-state index < -0.39 is 0 Å². The standard InChI is InChI=1S/C7H12N2O/c1-8-7(10)6-4-3-5-9(6)2/h6H,2-5H2,1H3/p+1. The van der Waals surface area contributed by atoms with E-state index in [0.717, 1.165) is 19.4 Å². The number of likely N-dealkylation sites (N-methyl/N-ethyl adjacent to an activating group) is 1. The van der Waals surface area contributed by atoms with Gasteiger partial charge in [0.2, 0.25) is 6.04 Å². The Labute approximate surface area is 60.7 Å². The molecule has 0 aromatic carbocycles. The van der Waals surface area contributed by atoms with Crippen LogP contribution in [-0.4, -0.2) is 36.8 Å². The van der Waals surface area contributed by atoms with Gasteiger partial charge in [0, 0.05) is 19.9 Å². The van der Waals surface area contributed by atoms with E-state index in [-0.39, 0.29) is 11.9 Å². The second-order valence-corrected chi connectivity index (χ2v) is 2.58. The molecule has 0 aliphatic carbocycles. The number of nitrogens with one attached hydrogen (secondary N) is 1. The number of hydrogen-bond donors (Lipinski definition) is 1. The average Bonchev–Trinajstić information content (AvgIpc) is 2.34. The molecule has 3 heteroatoms. The normalized spacial score (nSPS) is 24.9. The minimum Gasteiger partial charge on any atom is -0.353 e. The quantitative estimate of drug-likeness (QED) is 0.495. The molecule has 0 radical (unpaired) electrons. The summed E-state index contributed by atoms with van der Waals surface area (Å²) in [4.78, 5) is 11.0. The van der Waals surface area contributed by atoms with Gasteiger partial charge in [0.15, 0.2) is 0 Å². The summed E-state index contributed by atoms with van der Waals surface area (Å²) < 4.78 is 1.85. The molecular formula is C7H13N2O+. The monoisotopic (exact) mass is 141 g/mol. The van der Waals surface area contributed by atoms with Gasteiger partial charge in [-0.15, -0.1) is 0 Å². The third-order valence-electron chi connectivity index (χ3n) is 1.91. The van der Waals surface area contributed by atoms with Crippen LogP contribution in [0.4, 0.5) is 0 Å². The fraction of sp³-hybridized carbons (Fsp3) is 0.714. The summed E-state index contributed by atoms with van der Waals surface area (Å²) in [6, 6.07) is 0.0185. The molecule has 1 aliphatic heterocycles. The Bertz CT molecular complexity index is 165. The van der Waals surface area contributed by atoms with Gasteiger partial charge in [-0.3, -0.25) is 4.79 Å². The number of hydrogen-bond acceptors (Lipinski definition) is 1. The second kappa shape index (κ2) is 2.82. The number of amides is 1. The van der Waals surface area contributed by atoms with E-state index in [1.54, 1.807) is 7.05 Å². The van der Waals surface area contributed by atoms with E-state index in [0.29, 0.717) is 0 Å². The van der Waals surface area contributed by atoms with Gasteiger partial charge in [0.1, 0.15) is 13.3 Å². The summed E-state index contributed by atoms with van der Waals surface area (Å²) >= 11 is 0. The van der Waals surface area contributed by atoms with Crippen LogP contribution in [0.2, 0.25) is 0 Å². The fourth-order valence-corrected chi connectivity index (χ4v) is 1.29. The molecule has 1 saturated heterocycles. The van der Waals surface area contributed by atoms with Crippen LogP contribution in [0.1, 0.15) is 12.8 Å². The first-order valence-corrected chi connectivity index (χ1v) is 3.54. The van der Waals surface area contributed by atoms with Crippen molar-refractivity contribution in [2.45, 2.75) is 18.9 Å². The van der Waals surface area contributed by atoms with Crippen LogP contribution in [0.25, 0.3) is 0 Å². The van der Waals surface area contributed by atoms with E-state index in [1.165, 1.54) is 0 Å². The summed E-state index contributed by atoms with van der Waals surface area (Å²) in [5.41, 5.74) is 0. The summed E-state index contributed by atoms with van der Waals surface area (Å²) in [5.74, 6) is 0.0903. The van der Waals surface area contributed by atoms with Crippen LogP contribution in [0.15, 0.2) is 0 Å². The van der Waals surface area contributed by atoms with Crippen molar-refractivity contribution in [2.75, 3.05) is 13.6 Å². The molecule has 0 aromatic rings. The largest absolute Gasteiger partial charge is 0.353 e. The fourth-order valence-electron chi connectivity index (χ4n) is 1.29. The zero-order chi connectivity index (χ0) is 7.56. The Kier molecular flexibility index (Phi) is 2.04. The number of carbonyl (C=O) groups is 1. The van der Waals surface area contributed by atoms with Crippen molar-refractivity contribution < 1.29 is 9.37 Å². The van der Waals surface area contributed by atoms with Gasteiger partial charge in [-0.2, -0.15) is 0 Å². The lowest BCUT2D eigenvalue weighted by Gasteiger charge is -2.02. The lowest BCUT2D eigenvalue weighted by Crippen LogP contribution is -2.36. The van der Waals surface area contributed by atoms with Crippen molar-refractivity contribution in [1.82, 2.24) is 5.32 Å². The van der Waals surface area contributed by atoms with E-state index in [1.807, 2.05) is 4.58 Å². The number of carbonyl (C=O) groups excluding carboxylic acids is 1. The maximum atomic E-state index is 11.0. The highest BCUT2D eigenvalue weighted by Gasteiger charge is 2.31. The molecule has 1 fully saturated rings. The maximum Gasteiger partial charge on any atom is 0.288 e. The first-order chi connectivity index (χ1) is 4.75. The Morgan fingerprint density at radius 2 is 2.50 bits per heavy atom. The van der Waals surface area contributed by atoms with Crippen LogP contribution < -0.4 is 5.32 Å². The molecule has 1 atom stereocenters. The summed E-state index contributed by atoms with van der Waals surface area (Å²) in [7, 11) is 1.66. The van der Waals surface area contributed by atoms with Crippen molar-refractivity contribution >= 4 is 12.6 Å². The maximum absolute atomic E-state index is 11.0. The third-order valence-corrected chi connectivity index (χ3v) is 1.91. The summed E-state index contributed by atoms with van der Waals surface area (Å²) in [6.07, 6.45) is 2.03. The minimum absolute atomic E-state index is 0.0185. The molecule has 0 aromatic heterocycles. The van der Waals surface area contributed by atoms with Gasteiger partial charge >= 0.3 is 0 Å². The van der Waals surface area contributed by atoms with Crippen LogP contribution in [0, 0.1) is 0 Å². The Morgan fingerprint density at radius 1 is 1.80 bits per heavy atom. The Morgan fingerprint density at radius 3 is 2.90 bits per heavy atom. The van der Waals surface area contributed by atoms with E-state index in [9.17, 15) is 4.79 Å². The van der Waals surface area contributed by atoms with Gasteiger partial charge in [0.05, 0.1) is 0 Å². The third kappa shape index (κ3) is 1.17. The zero-order valence-electron chi connectivity index (χ0n) is 6.26. The predicted molar refractivity (Wildman–Crippen MR) is 39.3 cm³/mol. The lowest BCUT2D eigenvalue weighted by atomic mass is 10.2. The predicted octanol–water partition coefficient (Wildman–Crippen LogP) is -0.392. The molecule has 0 saturated carbocycles. The van der Waals surface area contributed by atoms with Crippen molar-refractivity contribution in [3.05, 3.63) is 0 Å². The van der Waals surface area contributed by atoms with E-state index in [2.05, 4.69) is 12.0 Å². The highest BCUT2D eigenvalue weighted by Crippen LogP contribution is 2.10. The van der Waals surface area contributed by atoms with E-state index in [4.69, 9.17) is 0 Å². The number of rotatable bonds is 1. The molecule has 1 unspecified atom stereocenters. The molecule has 1 rings (SSSR count). The summed E-state index contributed by atoms with van der Waals surface area (Å²) in [6.45, 7) is 4.70. The van der Waals surface area contributed by atoms with Crippen molar-refractivity contribution in [3.8, 4) is 0 Å². The van der Waals surface area contributed by atoms with Crippen LogP contribution in [0.5, 0.6) is 0 Å². The molecule has 1 heterocycles. The van der Waals surface area contributed by atoms with Crippen LogP contribution in [0.3, 0.4) is 0 Å². The molecular weight excluding hydrogens is 128 g/mol. The van der Waals surface area contributed by atoms with Gasteiger partial charge in [-0.1, -0.05) is 0 Å². The van der Waals surface area contributed by atoms with Crippen molar-refractivity contribution in [2.24, 2.45) is 0 Å². The smallest absolute Gasteiger partial charge is 0.288 e. The zero-order valence-corrected chi connectivity index (χ0v) is 6.26. The van der Waals surface area contributed by atoms with Gasteiger partial charge in [0.25, 0.3) is 5.91 Å². The Balaban J connectivity index is 2.55. The molecule has 1 N–H and O–H groups in total. The molecule has 0 spiro atoms. The molecule has 1 aliphatic rings. The lowest BCUT2D eigenvalue weighted by molar-refractivity contribution is -0.522. The first kappa shape index (κ1) is 7.25. The molecule has 1 amide bonds. The Hall–Kier alpha value is -0.860. The highest BCUT2D eigenvalue weighted by molar-refractivity contribution is 5.80. The molecule has 10 heavy (non-hydrogen) atoms.